The highest BCUT2D eigenvalue weighted by atomic mass is 35.5. The molecule has 2 aromatic heterocycles. The molecular formula is C25H21ClN4O3S. The third-order valence-corrected chi connectivity index (χ3v) is 8.05. The predicted molar refractivity (Wildman–Crippen MR) is 131 cm³/mol. The van der Waals surface area contributed by atoms with E-state index in [1.54, 1.807) is 35.5 Å². The third-order valence-electron chi connectivity index (χ3n) is 5.88. The Labute approximate surface area is 202 Å². The van der Waals surface area contributed by atoms with Crippen LogP contribution in [0.3, 0.4) is 0 Å². The molecule has 0 spiro atoms. The van der Waals surface area contributed by atoms with Gasteiger partial charge < -0.3 is 4.90 Å². The summed E-state index contributed by atoms with van der Waals surface area (Å²) in [5, 5.41) is 1.24. The van der Waals surface area contributed by atoms with Gasteiger partial charge in [-0.15, -0.1) is 0 Å². The van der Waals surface area contributed by atoms with Gasteiger partial charge in [0.1, 0.15) is 0 Å². The number of rotatable bonds is 4. The van der Waals surface area contributed by atoms with E-state index < -0.39 is 10.0 Å². The van der Waals surface area contributed by atoms with Gasteiger partial charge in [-0.3, -0.25) is 9.78 Å². The molecule has 4 aromatic rings. The maximum atomic E-state index is 13.6. The average Bonchev–Trinajstić information content (AvgIpc) is 2.88. The van der Waals surface area contributed by atoms with Gasteiger partial charge in [0.15, 0.2) is 0 Å². The summed E-state index contributed by atoms with van der Waals surface area (Å²) in [6, 6.07) is 19.2. The SMILES string of the molecule is O=C(c1cc(-c2cccnc2)nc2ccccc12)N1CCN(S(=O)(=O)c2ccc(Cl)cc2)CC1. The van der Waals surface area contributed by atoms with E-state index in [-0.39, 0.29) is 23.9 Å². The number of hydrogen-bond donors (Lipinski definition) is 0. The largest absolute Gasteiger partial charge is 0.336 e. The maximum Gasteiger partial charge on any atom is 0.254 e. The van der Waals surface area contributed by atoms with E-state index >= 15 is 0 Å². The molecule has 2 aromatic carbocycles. The van der Waals surface area contributed by atoms with Crippen LogP contribution in [0.4, 0.5) is 0 Å². The van der Waals surface area contributed by atoms with Crippen molar-refractivity contribution in [3.05, 3.63) is 89.7 Å². The zero-order valence-electron chi connectivity index (χ0n) is 18.1. The quantitative estimate of drug-likeness (QED) is 0.428. The number of halogens is 1. The van der Waals surface area contributed by atoms with Gasteiger partial charge in [0.25, 0.3) is 5.91 Å². The van der Waals surface area contributed by atoms with Crippen LogP contribution in [0, 0.1) is 0 Å². The van der Waals surface area contributed by atoms with E-state index in [9.17, 15) is 13.2 Å². The minimum atomic E-state index is -3.65. The summed E-state index contributed by atoms with van der Waals surface area (Å²) < 4.78 is 27.4. The Hall–Kier alpha value is -3.33. The Bertz CT molecular complexity index is 1450. The van der Waals surface area contributed by atoms with Crippen LogP contribution in [0.1, 0.15) is 10.4 Å². The smallest absolute Gasteiger partial charge is 0.254 e. The van der Waals surface area contributed by atoms with Crippen molar-refractivity contribution in [2.75, 3.05) is 26.2 Å². The lowest BCUT2D eigenvalue weighted by Crippen LogP contribution is -2.50. The van der Waals surface area contributed by atoms with Crippen molar-refractivity contribution >= 4 is 38.4 Å². The third kappa shape index (κ3) is 4.27. The highest BCUT2D eigenvalue weighted by Crippen LogP contribution is 2.26. The van der Waals surface area contributed by atoms with Crippen LogP contribution in [-0.4, -0.2) is 59.7 Å². The Kier molecular flexibility index (Phi) is 6.03. The molecule has 0 radical (unpaired) electrons. The van der Waals surface area contributed by atoms with Crippen molar-refractivity contribution in [2.24, 2.45) is 0 Å². The number of pyridine rings is 2. The molecule has 1 fully saturated rings. The number of hydrogen-bond acceptors (Lipinski definition) is 5. The summed E-state index contributed by atoms with van der Waals surface area (Å²) >= 11 is 5.89. The normalized spacial score (nSPS) is 14.9. The van der Waals surface area contributed by atoms with Crippen molar-refractivity contribution < 1.29 is 13.2 Å². The molecule has 0 unspecified atom stereocenters. The molecule has 0 saturated carbocycles. The number of benzene rings is 2. The zero-order chi connectivity index (χ0) is 23.7. The van der Waals surface area contributed by atoms with E-state index in [1.807, 2.05) is 36.4 Å². The molecule has 3 heterocycles. The van der Waals surface area contributed by atoms with Crippen LogP contribution < -0.4 is 0 Å². The Morgan fingerprint density at radius 1 is 0.912 bits per heavy atom. The first kappa shape index (κ1) is 22.5. The molecule has 7 nitrogen and oxygen atoms in total. The standard InChI is InChI=1S/C25H21ClN4O3S/c26-19-7-9-20(10-8-19)34(32,33)30-14-12-29(13-15-30)25(31)22-16-24(18-4-3-11-27-17-18)28-23-6-2-1-5-21(22)23/h1-11,16-17H,12-15H2. The molecule has 34 heavy (non-hydrogen) atoms. The van der Waals surface area contributed by atoms with Crippen LogP contribution >= 0.6 is 11.6 Å². The number of aromatic nitrogens is 2. The van der Waals surface area contributed by atoms with Gasteiger partial charge in [0.2, 0.25) is 10.0 Å². The van der Waals surface area contributed by atoms with E-state index in [0.29, 0.717) is 29.4 Å². The Morgan fingerprint density at radius 2 is 1.65 bits per heavy atom. The van der Waals surface area contributed by atoms with E-state index in [0.717, 1.165) is 16.5 Å². The van der Waals surface area contributed by atoms with Crippen LogP contribution in [0.15, 0.2) is 84.0 Å². The first-order valence-electron chi connectivity index (χ1n) is 10.8. The Balaban J connectivity index is 1.41. The van der Waals surface area contributed by atoms with Gasteiger partial charge in [-0.1, -0.05) is 29.8 Å². The second-order valence-electron chi connectivity index (χ2n) is 7.96. The van der Waals surface area contributed by atoms with Crippen molar-refractivity contribution in [2.45, 2.75) is 4.90 Å². The molecule has 1 amide bonds. The van der Waals surface area contributed by atoms with Crippen LogP contribution in [-0.2, 0) is 10.0 Å². The lowest BCUT2D eigenvalue weighted by Gasteiger charge is -2.34. The molecule has 0 atom stereocenters. The van der Waals surface area contributed by atoms with Crippen LogP contribution in [0.5, 0.6) is 0 Å². The first-order valence-corrected chi connectivity index (χ1v) is 12.6. The van der Waals surface area contributed by atoms with Crippen molar-refractivity contribution in [3.8, 4) is 11.3 Å². The summed E-state index contributed by atoms with van der Waals surface area (Å²) in [5.41, 5.74) is 2.75. The molecule has 1 saturated heterocycles. The number of sulfonamides is 1. The van der Waals surface area contributed by atoms with E-state index in [1.165, 1.54) is 16.4 Å². The molecule has 5 rings (SSSR count). The number of carbonyl (C=O) groups is 1. The number of amides is 1. The molecule has 0 aliphatic carbocycles. The van der Waals surface area contributed by atoms with Gasteiger partial charge >= 0.3 is 0 Å². The maximum absolute atomic E-state index is 13.6. The fraction of sp³-hybridized carbons (Fsp3) is 0.160. The molecule has 172 valence electrons. The number of piperazine rings is 1. The number of para-hydroxylation sites is 1. The first-order chi connectivity index (χ1) is 16.4. The lowest BCUT2D eigenvalue weighted by atomic mass is 10.0. The van der Waals surface area contributed by atoms with Gasteiger partial charge in [-0.2, -0.15) is 4.31 Å². The Morgan fingerprint density at radius 3 is 2.35 bits per heavy atom. The van der Waals surface area contributed by atoms with E-state index in [4.69, 9.17) is 16.6 Å². The van der Waals surface area contributed by atoms with Crippen LogP contribution in [0.2, 0.25) is 5.02 Å². The number of nitrogens with zero attached hydrogens (tertiary/aromatic N) is 4. The predicted octanol–water partition coefficient (Wildman–Crippen LogP) is 4.10. The number of fused-ring (bicyclic) bond motifs is 1. The van der Waals surface area contributed by atoms with Crippen molar-refractivity contribution in [3.63, 3.8) is 0 Å². The molecule has 1 aliphatic heterocycles. The van der Waals surface area contributed by atoms with Crippen molar-refractivity contribution in [1.29, 1.82) is 0 Å². The van der Waals surface area contributed by atoms with Gasteiger partial charge in [0, 0.05) is 54.5 Å². The average molecular weight is 493 g/mol. The number of carbonyl (C=O) groups excluding carboxylic acids is 1. The molecule has 0 N–H and O–H groups in total. The van der Waals surface area contributed by atoms with Crippen molar-refractivity contribution in [1.82, 2.24) is 19.2 Å². The van der Waals surface area contributed by atoms with Crippen LogP contribution in [0.25, 0.3) is 22.2 Å². The molecule has 0 bridgehead atoms. The summed E-state index contributed by atoms with van der Waals surface area (Å²) in [6.07, 6.45) is 3.40. The molecular weight excluding hydrogens is 472 g/mol. The monoisotopic (exact) mass is 492 g/mol. The lowest BCUT2D eigenvalue weighted by molar-refractivity contribution is 0.0700. The second kappa shape index (κ2) is 9.13. The summed E-state index contributed by atoms with van der Waals surface area (Å²) in [4.78, 5) is 24.3. The summed E-state index contributed by atoms with van der Waals surface area (Å²) in [6.45, 7) is 1.03. The van der Waals surface area contributed by atoms with Gasteiger partial charge in [-0.05, 0) is 48.5 Å². The fourth-order valence-electron chi connectivity index (χ4n) is 4.07. The second-order valence-corrected chi connectivity index (χ2v) is 10.3. The zero-order valence-corrected chi connectivity index (χ0v) is 19.7. The van der Waals surface area contributed by atoms with Gasteiger partial charge in [-0.25, -0.2) is 13.4 Å². The van der Waals surface area contributed by atoms with E-state index in [2.05, 4.69) is 4.98 Å². The highest BCUT2D eigenvalue weighted by molar-refractivity contribution is 7.89. The molecule has 1 aliphatic rings. The highest BCUT2D eigenvalue weighted by Gasteiger charge is 2.31. The van der Waals surface area contributed by atoms with Gasteiger partial charge in [0.05, 0.1) is 21.7 Å². The minimum Gasteiger partial charge on any atom is -0.336 e. The summed E-state index contributed by atoms with van der Waals surface area (Å²) in [7, 11) is -3.65. The topological polar surface area (TPSA) is 83.5 Å². The fourth-order valence-corrected chi connectivity index (χ4v) is 5.62. The minimum absolute atomic E-state index is 0.146. The summed E-state index contributed by atoms with van der Waals surface area (Å²) in [5.74, 6) is -0.146. The molecule has 9 heteroatoms.